The fourth-order valence-corrected chi connectivity index (χ4v) is 11.5. The molecular formula is C87H150O5. The summed E-state index contributed by atoms with van der Waals surface area (Å²) in [6, 6.07) is 0. The van der Waals surface area contributed by atoms with Gasteiger partial charge in [0.05, 0.1) is 6.61 Å². The van der Waals surface area contributed by atoms with Crippen molar-refractivity contribution in [3.05, 3.63) is 134 Å². The predicted molar refractivity (Wildman–Crippen MR) is 408 cm³/mol. The van der Waals surface area contributed by atoms with Gasteiger partial charge in [-0.05, 0) is 116 Å². The Morgan fingerprint density at radius 1 is 0.261 bits per heavy atom. The Kier molecular flexibility index (Phi) is 77.8. The average Bonchev–Trinajstić information content (AvgIpc) is 3.64. The van der Waals surface area contributed by atoms with Crippen LogP contribution in [0, 0.1) is 0 Å². The normalized spacial score (nSPS) is 12.9. The van der Waals surface area contributed by atoms with Gasteiger partial charge in [-0.3, -0.25) is 9.59 Å². The smallest absolute Gasteiger partial charge is 0.306 e. The van der Waals surface area contributed by atoms with Crippen LogP contribution < -0.4 is 0 Å². The summed E-state index contributed by atoms with van der Waals surface area (Å²) >= 11 is 0. The summed E-state index contributed by atoms with van der Waals surface area (Å²) in [6.45, 7) is 4.06. The molecule has 0 aliphatic rings. The maximum absolute atomic E-state index is 12.4. The molecule has 92 heavy (non-hydrogen) atoms. The number of unbranched alkanes of at least 4 members (excludes halogenated alkanes) is 43. The molecule has 0 rings (SSSR count). The fraction of sp³-hybridized carbons (Fsp3) is 0.724. The first kappa shape index (κ1) is 88.0. The molecule has 5 heteroatoms. The number of esters is 2. The van der Waals surface area contributed by atoms with E-state index in [1.165, 1.54) is 257 Å². The molecule has 1 unspecified atom stereocenters. The van der Waals surface area contributed by atoms with Gasteiger partial charge in [0.2, 0.25) is 0 Å². The van der Waals surface area contributed by atoms with Crippen molar-refractivity contribution in [1.29, 1.82) is 0 Å². The third kappa shape index (κ3) is 78.5. The van der Waals surface area contributed by atoms with Crippen molar-refractivity contribution in [3.63, 3.8) is 0 Å². The van der Waals surface area contributed by atoms with Gasteiger partial charge in [-0.1, -0.05) is 392 Å². The summed E-state index contributed by atoms with van der Waals surface area (Å²) in [5, 5.41) is 9.73. The molecule has 0 bridgehead atoms. The van der Waals surface area contributed by atoms with Crippen LogP contribution in [-0.2, 0) is 19.1 Å². The summed E-state index contributed by atoms with van der Waals surface area (Å²) < 4.78 is 10.8. The van der Waals surface area contributed by atoms with Crippen LogP contribution in [-0.4, -0.2) is 36.4 Å². The molecule has 0 radical (unpaired) electrons. The van der Waals surface area contributed by atoms with E-state index in [-0.39, 0.29) is 25.2 Å². The lowest BCUT2D eigenvalue weighted by molar-refractivity contribution is -0.161. The van der Waals surface area contributed by atoms with Crippen molar-refractivity contribution < 1.29 is 24.2 Å². The Hall–Kier alpha value is -3.96. The van der Waals surface area contributed by atoms with E-state index in [4.69, 9.17) is 9.47 Å². The molecule has 0 spiro atoms. The van der Waals surface area contributed by atoms with Crippen LogP contribution >= 0.6 is 0 Å². The SMILES string of the molecule is CC/C=C\C/C=C\C/C=C\C/C=C\C/C=C\C/C=C\C/C=C\C/C=C\C/C=C\C/C=C\CCCCCCCCCCCCC(=O)OC(CO)COC(=O)CCCCCCCCCCCCCCCCCCCCCCCCCCC/C=C\CCCCCCCCCC. The zero-order chi connectivity index (χ0) is 66.1. The first-order valence-electron chi connectivity index (χ1n) is 39.7. The van der Waals surface area contributed by atoms with E-state index < -0.39 is 6.10 Å². The van der Waals surface area contributed by atoms with Gasteiger partial charge in [-0.25, -0.2) is 0 Å². The van der Waals surface area contributed by atoms with Gasteiger partial charge in [0.1, 0.15) is 6.61 Å². The number of carbonyl (C=O) groups excluding carboxylic acids is 2. The van der Waals surface area contributed by atoms with Crippen molar-refractivity contribution in [1.82, 2.24) is 0 Å². The number of ether oxygens (including phenoxy) is 2. The number of hydrogen-bond acceptors (Lipinski definition) is 5. The third-order valence-electron chi connectivity index (χ3n) is 17.4. The maximum atomic E-state index is 12.4. The highest BCUT2D eigenvalue weighted by Gasteiger charge is 2.16. The summed E-state index contributed by atoms with van der Waals surface area (Å²) in [5.74, 6) is -0.585. The lowest BCUT2D eigenvalue weighted by Gasteiger charge is -2.15. The monoisotopic (exact) mass is 1280 g/mol. The minimum absolute atomic E-state index is 0.0696. The van der Waals surface area contributed by atoms with Crippen molar-refractivity contribution >= 4 is 11.9 Å². The van der Waals surface area contributed by atoms with Gasteiger partial charge in [-0.2, -0.15) is 0 Å². The summed E-state index contributed by atoms with van der Waals surface area (Å²) in [6.07, 6.45) is 121. The van der Waals surface area contributed by atoms with E-state index in [1.807, 2.05) is 0 Å². The van der Waals surface area contributed by atoms with Gasteiger partial charge in [0, 0.05) is 12.8 Å². The average molecular weight is 1280 g/mol. The fourth-order valence-electron chi connectivity index (χ4n) is 11.5. The van der Waals surface area contributed by atoms with Crippen LogP contribution in [0.5, 0.6) is 0 Å². The van der Waals surface area contributed by atoms with E-state index in [0.717, 1.165) is 103 Å². The summed E-state index contributed by atoms with van der Waals surface area (Å²) in [4.78, 5) is 24.7. The predicted octanol–water partition coefficient (Wildman–Crippen LogP) is 28.2. The number of rotatable bonds is 73. The van der Waals surface area contributed by atoms with Gasteiger partial charge in [0.25, 0.3) is 0 Å². The summed E-state index contributed by atoms with van der Waals surface area (Å²) in [7, 11) is 0. The molecular weight excluding hydrogens is 1120 g/mol. The quantitative estimate of drug-likeness (QED) is 0.0373. The third-order valence-corrected chi connectivity index (χ3v) is 17.4. The maximum Gasteiger partial charge on any atom is 0.306 e. The van der Waals surface area contributed by atoms with Crippen molar-refractivity contribution in [2.45, 2.75) is 392 Å². The van der Waals surface area contributed by atoms with E-state index in [0.29, 0.717) is 12.8 Å². The summed E-state index contributed by atoms with van der Waals surface area (Å²) in [5.41, 5.74) is 0. The molecule has 0 aliphatic heterocycles. The number of carbonyl (C=O) groups is 2. The largest absolute Gasteiger partial charge is 0.462 e. The molecule has 5 nitrogen and oxygen atoms in total. The lowest BCUT2D eigenvalue weighted by Crippen LogP contribution is -2.28. The second-order valence-corrected chi connectivity index (χ2v) is 26.4. The standard InChI is InChI=1S/C87H150O5/c1-3-5-7-9-11-13-15-17-19-21-23-25-27-29-31-33-35-37-39-41-42-43-44-46-48-50-52-54-56-58-60-62-64-66-68-70-72-74-76-78-80-82-87(90)92-85(83-88)84-91-86(89)81-79-77-75-73-71-69-67-65-63-61-59-57-55-53-51-49-47-45-40-38-36-34-32-30-28-26-24-22-20-18-16-14-12-10-8-6-4-2/h5,7,11,13,17,19,22-25,29,31,35,37,41-42,44,46,50,52,56,58,85,88H,3-4,6,8-10,12,14-16,18,20-21,26-28,30,32-34,36,38-40,43,45,47-49,51,53-55,57,59-84H2,1-2H3/b7-5-,13-11-,19-17-,24-22-,25-23-,31-29-,37-35-,42-41-,46-44-,52-50-,58-56-. The first-order chi connectivity index (χ1) is 45.6. The number of aliphatic hydroxyl groups is 1. The molecule has 1 atom stereocenters. The second-order valence-electron chi connectivity index (χ2n) is 26.4. The molecule has 0 fully saturated rings. The van der Waals surface area contributed by atoms with Gasteiger partial charge in [0.15, 0.2) is 6.10 Å². The lowest BCUT2D eigenvalue weighted by atomic mass is 10.0. The molecule has 0 aromatic heterocycles. The Morgan fingerprint density at radius 3 is 0.717 bits per heavy atom. The van der Waals surface area contributed by atoms with Crippen LogP contribution in [0.3, 0.4) is 0 Å². The Morgan fingerprint density at radius 2 is 0.467 bits per heavy atom. The van der Waals surface area contributed by atoms with Gasteiger partial charge in [-0.15, -0.1) is 0 Å². The zero-order valence-corrected chi connectivity index (χ0v) is 60.8. The van der Waals surface area contributed by atoms with Gasteiger partial charge < -0.3 is 14.6 Å². The molecule has 528 valence electrons. The highest BCUT2D eigenvalue weighted by molar-refractivity contribution is 5.70. The molecule has 0 aromatic rings. The van der Waals surface area contributed by atoms with Crippen LogP contribution in [0.4, 0.5) is 0 Å². The molecule has 0 amide bonds. The molecule has 0 heterocycles. The van der Waals surface area contributed by atoms with Crippen molar-refractivity contribution in [2.24, 2.45) is 0 Å². The minimum atomic E-state index is -0.783. The highest BCUT2D eigenvalue weighted by atomic mass is 16.6. The molecule has 0 saturated carbocycles. The van der Waals surface area contributed by atoms with E-state index in [1.54, 1.807) is 0 Å². The zero-order valence-electron chi connectivity index (χ0n) is 60.8. The van der Waals surface area contributed by atoms with Gasteiger partial charge >= 0.3 is 11.9 Å². The molecule has 0 aliphatic carbocycles. The van der Waals surface area contributed by atoms with E-state index in [9.17, 15) is 14.7 Å². The number of hydrogen-bond donors (Lipinski definition) is 1. The topological polar surface area (TPSA) is 72.8 Å². The van der Waals surface area contributed by atoms with Crippen LogP contribution in [0.1, 0.15) is 386 Å². The highest BCUT2D eigenvalue weighted by Crippen LogP contribution is 2.19. The van der Waals surface area contributed by atoms with Crippen LogP contribution in [0.25, 0.3) is 0 Å². The Labute approximate surface area is 572 Å². The molecule has 1 N–H and O–H groups in total. The number of allylic oxidation sites excluding steroid dienone is 22. The Balaban J connectivity index is 3.48. The Bertz CT molecular complexity index is 1840. The van der Waals surface area contributed by atoms with E-state index >= 15 is 0 Å². The van der Waals surface area contributed by atoms with Crippen molar-refractivity contribution in [2.75, 3.05) is 13.2 Å². The molecule has 0 saturated heterocycles. The minimum Gasteiger partial charge on any atom is -0.462 e. The van der Waals surface area contributed by atoms with E-state index in [2.05, 4.69) is 148 Å². The second kappa shape index (κ2) is 81.3. The van der Waals surface area contributed by atoms with Crippen molar-refractivity contribution in [3.8, 4) is 0 Å². The van der Waals surface area contributed by atoms with Crippen LogP contribution in [0.2, 0.25) is 0 Å². The first-order valence-corrected chi connectivity index (χ1v) is 39.7. The van der Waals surface area contributed by atoms with Crippen LogP contribution in [0.15, 0.2) is 134 Å². The number of aliphatic hydroxyl groups excluding tert-OH is 1. The molecule has 0 aromatic carbocycles.